The predicted octanol–water partition coefficient (Wildman–Crippen LogP) is 2.69. The molecule has 0 N–H and O–H groups in total. The van der Waals surface area contributed by atoms with E-state index in [-0.39, 0.29) is 18.3 Å². The number of carbonyl (C=O) groups excluding carboxylic acids is 1. The van der Waals surface area contributed by atoms with Gasteiger partial charge in [0.05, 0.1) is 0 Å². The molecule has 2 aromatic carbocycles. The Bertz CT molecular complexity index is 698. The van der Waals surface area contributed by atoms with Gasteiger partial charge in [0.25, 0.3) is 5.91 Å². The summed E-state index contributed by atoms with van der Waals surface area (Å²) in [5.41, 5.74) is 0.944. The lowest BCUT2D eigenvalue weighted by Gasteiger charge is -2.36. The Kier molecular flexibility index (Phi) is 4.93. The Morgan fingerprint density at radius 2 is 1.67 bits per heavy atom. The summed E-state index contributed by atoms with van der Waals surface area (Å²) < 4.78 is 31.4. The second-order valence-electron chi connectivity index (χ2n) is 5.59. The van der Waals surface area contributed by atoms with Crippen LogP contribution in [0.2, 0.25) is 0 Å². The Balaban J connectivity index is 1.49. The van der Waals surface area contributed by atoms with Gasteiger partial charge in [0.15, 0.2) is 6.61 Å². The number of anilines is 1. The first-order valence-electron chi connectivity index (χ1n) is 7.78. The highest BCUT2D eigenvalue weighted by molar-refractivity contribution is 5.78. The second kappa shape index (κ2) is 7.29. The summed E-state index contributed by atoms with van der Waals surface area (Å²) in [6.07, 6.45) is 0. The van der Waals surface area contributed by atoms with E-state index in [1.165, 1.54) is 30.3 Å². The molecule has 4 nitrogen and oxygen atoms in total. The number of ether oxygens (including phenoxy) is 1. The van der Waals surface area contributed by atoms with Crippen LogP contribution in [0.5, 0.6) is 5.75 Å². The van der Waals surface area contributed by atoms with Gasteiger partial charge in [-0.3, -0.25) is 4.79 Å². The molecule has 1 heterocycles. The zero-order chi connectivity index (χ0) is 16.9. The number of hydrogen-bond acceptors (Lipinski definition) is 3. The maximum Gasteiger partial charge on any atom is 0.260 e. The highest BCUT2D eigenvalue weighted by Crippen LogP contribution is 2.17. The summed E-state index contributed by atoms with van der Waals surface area (Å²) in [6.45, 7) is 2.39. The minimum absolute atomic E-state index is 0.111. The molecule has 0 unspecified atom stereocenters. The molecule has 1 aliphatic rings. The van der Waals surface area contributed by atoms with E-state index in [2.05, 4.69) is 4.90 Å². The molecular formula is C18H18F2N2O2. The van der Waals surface area contributed by atoms with Crippen molar-refractivity contribution in [2.24, 2.45) is 0 Å². The molecule has 126 valence electrons. The lowest BCUT2D eigenvalue weighted by molar-refractivity contribution is -0.133. The van der Waals surface area contributed by atoms with Crippen molar-refractivity contribution in [1.29, 1.82) is 0 Å². The van der Waals surface area contributed by atoms with Crippen LogP contribution in [-0.2, 0) is 4.79 Å². The number of nitrogens with zero attached hydrogens (tertiary/aromatic N) is 2. The molecule has 0 aromatic heterocycles. The number of halogens is 2. The summed E-state index contributed by atoms with van der Waals surface area (Å²) in [6, 6.07) is 12.1. The molecule has 0 saturated carbocycles. The minimum Gasteiger partial charge on any atom is -0.484 e. The maximum absolute atomic E-state index is 13.1. The van der Waals surface area contributed by atoms with Crippen LogP contribution in [0.15, 0.2) is 48.5 Å². The molecular weight excluding hydrogens is 314 g/mol. The molecule has 2 aromatic rings. The second-order valence-corrected chi connectivity index (χ2v) is 5.59. The summed E-state index contributed by atoms with van der Waals surface area (Å²) in [5, 5.41) is 0. The Labute approximate surface area is 139 Å². The van der Waals surface area contributed by atoms with Crippen LogP contribution in [0.4, 0.5) is 14.5 Å². The third-order valence-electron chi connectivity index (χ3n) is 3.98. The lowest BCUT2D eigenvalue weighted by atomic mass is 10.2. The van der Waals surface area contributed by atoms with Gasteiger partial charge < -0.3 is 14.5 Å². The quantitative estimate of drug-likeness (QED) is 0.863. The van der Waals surface area contributed by atoms with Crippen molar-refractivity contribution in [2.45, 2.75) is 0 Å². The van der Waals surface area contributed by atoms with Gasteiger partial charge in [0.2, 0.25) is 0 Å². The van der Waals surface area contributed by atoms with Gasteiger partial charge in [-0.2, -0.15) is 0 Å². The molecule has 1 fully saturated rings. The molecule has 24 heavy (non-hydrogen) atoms. The van der Waals surface area contributed by atoms with Crippen molar-refractivity contribution in [3.05, 3.63) is 60.2 Å². The number of benzene rings is 2. The first-order valence-corrected chi connectivity index (χ1v) is 7.78. The van der Waals surface area contributed by atoms with E-state index >= 15 is 0 Å². The largest absolute Gasteiger partial charge is 0.484 e. The zero-order valence-corrected chi connectivity index (χ0v) is 13.1. The smallest absolute Gasteiger partial charge is 0.260 e. The van der Waals surface area contributed by atoms with Gasteiger partial charge >= 0.3 is 0 Å². The van der Waals surface area contributed by atoms with Gasteiger partial charge in [0.1, 0.15) is 17.4 Å². The third-order valence-corrected chi connectivity index (χ3v) is 3.98. The van der Waals surface area contributed by atoms with E-state index in [0.717, 1.165) is 5.69 Å². The molecule has 0 aliphatic carbocycles. The van der Waals surface area contributed by atoms with Crippen LogP contribution in [0.1, 0.15) is 0 Å². The van der Waals surface area contributed by atoms with Crippen LogP contribution < -0.4 is 9.64 Å². The molecule has 1 aliphatic heterocycles. The monoisotopic (exact) mass is 332 g/mol. The van der Waals surface area contributed by atoms with E-state index in [4.69, 9.17) is 4.74 Å². The van der Waals surface area contributed by atoms with Crippen LogP contribution in [-0.4, -0.2) is 43.6 Å². The lowest BCUT2D eigenvalue weighted by Crippen LogP contribution is -2.50. The first kappa shape index (κ1) is 16.2. The van der Waals surface area contributed by atoms with E-state index in [1.807, 2.05) is 0 Å². The van der Waals surface area contributed by atoms with Gasteiger partial charge in [-0.15, -0.1) is 0 Å². The van der Waals surface area contributed by atoms with Crippen molar-refractivity contribution in [3.63, 3.8) is 0 Å². The van der Waals surface area contributed by atoms with E-state index in [9.17, 15) is 13.6 Å². The van der Waals surface area contributed by atoms with Crippen LogP contribution in [0.25, 0.3) is 0 Å². The topological polar surface area (TPSA) is 32.8 Å². The number of amides is 1. The summed E-state index contributed by atoms with van der Waals surface area (Å²) >= 11 is 0. The van der Waals surface area contributed by atoms with Gasteiger partial charge in [-0.05, 0) is 36.4 Å². The van der Waals surface area contributed by atoms with Crippen molar-refractivity contribution in [3.8, 4) is 5.75 Å². The average molecular weight is 332 g/mol. The summed E-state index contributed by atoms with van der Waals surface area (Å²) in [4.78, 5) is 16.0. The first-order chi connectivity index (χ1) is 11.6. The number of rotatable bonds is 4. The predicted molar refractivity (Wildman–Crippen MR) is 87.1 cm³/mol. The van der Waals surface area contributed by atoms with Gasteiger partial charge in [0, 0.05) is 37.9 Å². The summed E-state index contributed by atoms with van der Waals surface area (Å²) in [5.74, 6) is -0.443. The highest BCUT2D eigenvalue weighted by atomic mass is 19.1. The maximum atomic E-state index is 13.1. The fourth-order valence-electron chi connectivity index (χ4n) is 2.66. The average Bonchev–Trinajstić information content (AvgIpc) is 2.61. The molecule has 0 atom stereocenters. The van der Waals surface area contributed by atoms with Gasteiger partial charge in [-0.25, -0.2) is 8.78 Å². The van der Waals surface area contributed by atoms with Crippen molar-refractivity contribution >= 4 is 11.6 Å². The van der Waals surface area contributed by atoms with Crippen LogP contribution in [0, 0.1) is 11.6 Å². The molecule has 0 radical (unpaired) electrons. The van der Waals surface area contributed by atoms with Gasteiger partial charge in [-0.1, -0.05) is 6.07 Å². The number of piperazine rings is 1. The van der Waals surface area contributed by atoms with Crippen molar-refractivity contribution in [1.82, 2.24) is 4.90 Å². The number of hydrogen-bond donors (Lipinski definition) is 0. The Morgan fingerprint density at radius 1 is 0.958 bits per heavy atom. The molecule has 3 rings (SSSR count). The standard InChI is InChI=1S/C18H18F2N2O2/c19-14-4-6-16(7-5-14)21-8-10-22(11-9-21)18(23)13-24-17-3-1-2-15(20)12-17/h1-7,12H,8-11,13H2. The van der Waals surface area contributed by atoms with E-state index < -0.39 is 5.82 Å². The van der Waals surface area contributed by atoms with E-state index in [1.54, 1.807) is 23.1 Å². The Hall–Kier alpha value is -2.63. The summed E-state index contributed by atoms with van der Waals surface area (Å²) in [7, 11) is 0. The number of carbonyl (C=O) groups is 1. The fraction of sp³-hybridized carbons (Fsp3) is 0.278. The highest BCUT2D eigenvalue weighted by Gasteiger charge is 2.21. The van der Waals surface area contributed by atoms with Crippen LogP contribution >= 0.6 is 0 Å². The molecule has 0 bridgehead atoms. The normalized spacial score (nSPS) is 14.6. The minimum atomic E-state index is -0.395. The fourth-order valence-corrected chi connectivity index (χ4v) is 2.66. The van der Waals surface area contributed by atoms with Crippen LogP contribution in [0.3, 0.4) is 0 Å². The van der Waals surface area contributed by atoms with E-state index in [0.29, 0.717) is 31.9 Å². The Morgan fingerprint density at radius 3 is 2.33 bits per heavy atom. The molecule has 1 saturated heterocycles. The SMILES string of the molecule is O=C(COc1cccc(F)c1)N1CCN(c2ccc(F)cc2)CC1. The molecule has 6 heteroatoms. The molecule has 1 amide bonds. The third kappa shape index (κ3) is 4.01. The molecule has 0 spiro atoms. The van der Waals surface area contributed by atoms with Crippen molar-refractivity contribution in [2.75, 3.05) is 37.7 Å². The van der Waals surface area contributed by atoms with Crippen molar-refractivity contribution < 1.29 is 18.3 Å². The zero-order valence-electron chi connectivity index (χ0n) is 13.1.